The molecule has 26 heavy (non-hydrogen) atoms. The maximum absolute atomic E-state index is 11.9. The number of hydrogen-bond acceptors (Lipinski definition) is 4. The molecule has 0 saturated heterocycles. The first kappa shape index (κ1) is 20.1. The molecule has 0 bridgehead atoms. The normalized spacial score (nSPS) is 14.1. The summed E-state index contributed by atoms with van der Waals surface area (Å²) in [6.07, 6.45) is 4.78. The van der Waals surface area contributed by atoms with Crippen molar-refractivity contribution in [3.63, 3.8) is 0 Å². The third-order valence-electron chi connectivity index (χ3n) is 4.49. The lowest BCUT2D eigenvalue weighted by Crippen LogP contribution is -2.39. The molecule has 2 rings (SSSR count). The summed E-state index contributed by atoms with van der Waals surface area (Å²) in [5, 5.41) is 5.58. The molecule has 0 aromatic heterocycles. The third-order valence-corrected chi connectivity index (χ3v) is 4.49. The second-order valence-electron chi connectivity index (χ2n) is 6.45. The Balaban J connectivity index is 1.73. The summed E-state index contributed by atoms with van der Waals surface area (Å²) in [5.74, 6) is 1.39. The van der Waals surface area contributed by atoms with E-state index in [1.807, 2.05) is 32.0 Å². The summed E-state index contributed by atoms with van der Waals surface area (Å²) in [6.45, 7) is 5.58. The highest BCUT2D eigenvalue weighted by Crippen LogP contribution is 2.28. The van der Waals surface area contributed by atoms with E-state index in [1.54, 1.807) is 0 Å². The Kier molecular flexibility index (Phi) is 8.25. The maximum Gasteiger partial charge on any atom is 0.239 e. The van der Waals surface area contributed by atoms with E-state index in [0.29, 0.717) is 26.2 Å². The van der Waals surface area contributed by atoms with Gasteiger partial charge in [-0.2, -0.15) is 0 Å². The highest BCUT2D eigenvalue weighted by atomic mass is 16.5. The number of hydrogen-bond donors (Lipinski definition) is 2. The van der Waals surface area contributed by atoms with Gasteiger partial charge < -0.3 is 20.1 Å². The molecule has 1 aromatic carbocycles. The average molecular weight is 362 g/mol. The summed E-state index contributed by atoms with van der Waals surface area (Å²) < 4.78 is 11.2. The molecule has 2 N–H and O–H groups in total. The topological polar surface area (TPSA) is 76.7 Å². The largest absolute Gasteiger partial charge is 0.490 e. The molecule has 6 nitrogen and oxygen atoms in total. The fourth-order valence-electron chi connectivity index (χ4n) is 3.16. The molecule has 144 valence electrons. The summed E-state index contributed by atoms with van der Waals surface area (Å²) in [5.41, 5.74) is 1.06. The summed E-state index contributed by atoms with van der Waals surface area (Å²) in [7, 11) is 0. The molecule has 1 saturated carbocycles. The molecule has 0 radical (unpaired) electrons. The Hall–Kier alpha value is -2.24. The number of carbonyl (C=O) groups excluding carboxylic acids is 2. The fourth-order valence-corrected chi connectivity index (χ4v) is 3.16. The summed E-state index contributed by atoms with van der Waals surface area (Å²) in [4.78, 5) is 23.8. The fraction of sp³-hybridized carbons (Fsp3) is 0.600. The van der Waals surface area contributed by atoms with Gasteiger partial charge in [-0.25, -0.2) is 0 Å². The molecule has 1 aromatic rings. The van der Waals surface area contributed by atoms with Gasteiger partial charge in [0.15, 0.2) is 11.5 Å². The molecule has 2 amide bonds. The first-order valence-electron chi connectivity index (χ1n) is 9.57. The molecular formula is C20H30N2O4. The zero-order valence-electron chi connectivity index (χ0n) is 15.8. The zero-order chi connectivity index (χ0) is 18.8. The van der Waals surface area contributed by atoms with Crippen LogP contribution in [0.4, 0.5) is 0 Å². The smallest absolute Gasteiger partial charge is 0.239 e. The second-order valence-corrected chi connectivity index (χ2v) is 6.45. The van der Waals surface area contributed by atoms with Crippen molar-refractivity contribution in [2.75, 3.05) is 26.3 Å². The first-order chi connectivity index (χ1) is 12.6. The van der Waals surface area contributed by atoms with E-state index in [4.69, 9.17) is 9.47 Å². The Morgan fingerprint density at radius 2 is 1.73 bits per heavy atom. The Bertz CT molecular complexity index is 597. The molecule has 0 aliphatic heterocycles. The third kappa shape index (κ3) is 6.24. The molecule has 1 aliphatic carbocycles. The minimum absolute atomic E-state index is 0.00511. The SMILES string of the molecule is CCOc1ccc(CCNC(=O)CNC(=O)C2CCCC2)cc1OCC. The van der Waals surface area contributed by atoms with Crippen molar-refractivity contribution in [3.8, 4) is 11.5 Å². The number of carbonyl (C=O) groups is 2. The van der Waals surface area contributed by atoms with Gasteiger partial charge in [-0.3, -0.25) is 9.59 Å². The van der Waals surface area contributed by atoms with E-state index >= 15 is 0 Å². The van der Waals surface area contributed by atoms with Gasteiger partial charge in [0.2, 0.25) is 11.8 Å². The first-order valence-corrected chi connectivity index (χ1v) is 9.57. The van der Waals surface area contributed by atoms with Crippen LogP contribution in [0.5, 0.6) is 11.5 Å². The van der Waals surface area contributed by atoms with Crippen LogP contribution in [0.2, 0.25) is 0 Å². The van der Waals surface area contributed by atoms with Gasteiger partial charge >= 0.3 is 0 Å². The van der Waals surface area contributed by atoms with E-state index in [1.165, 1.54) is 0 Å². The van der Waals surface area contributed by atoms with Crippen LogP contribution in [0.3, 0.4) is 0 Å². The lowest BCUT2D eigenvalue weighted by Gasteiger charge is -2.13. The van der Waals surface area contributed by atoms with E-state index in [9.17, 15) is 9.59 Å². The summed E-state index contributed by atoms with van der Waals surface area (Å²) >= 11 is 0. The molecule has 0 unspecified atom stereocenters. The van der Waals surface area contributed by atoms with E-state index in [0.717, 1.165) is 42.7 Å². The van der Waals surface area contributed by atoms with Gasteiger partial charge in [0.05, 0.1) is 19.8 Å². The quantitative estimate of drug-likeness (QED) is 0.670. The van der Waals surface area contributed by atoms with Crippen molar-refractivity contribution < 1.29 is 19.1 Å². The second kappa shape index (κ2) is 10.7. The molecule has 0 spiro atoms. The van der Waals surface area contributed by atoms with Crippen molar-refractivity contribution >= 4 is 11.8 Å². The van der Waals surface area contributed by atoms with Crippen LogP contribution >= 0.6 is 0 Å². The lowest BCUT2D eigenvalue weighted by atomic mass is 10.1. The minimum Gasteiger partial charge on any atom is -0.490 e. The number of nitrogens with one attached hydrogen (secondary N) is 2. The van der Waals surface area contributed by atoms with Gasteiger partial charge in [-0.1, -0.05) is 18.9 Å². The van der Waals surface area contributed by atoms with Gasteiger partial charge in [0, 0.05) is 12.5 Å². The van der Waals surface area contributed by atoms with Crippen LogP contribution in [0, 0.1) is 5.92 Å². The van der Waals surface area contributed by atoms with Crippen molar-refractivity contribution in [1.29, 1.82) is 0 Å². The van der Waals surface area contributed by atoms with Crippen LogP contribution in [0.15, 0.2) is 18.2 Å². The molecule has 0 atom stereocenters. The highest BCUT2D eigenvalue weighted by molar-refractivity contribution is 5.85. The predicted octanol–water partition coefficient (Wildman–Crippen LogP) is 2.45. The Labute approximate surface area is 155 Å². The average Bonchev–Trinajstić information content (AvgIpc) is 3.17. The molecule has 1 fully saturated rings. The van der Waals surface area contributed by atoms with Crippen molar-refractivity contribution in [2.45, 2.75) is 46.0 Å². The maximum atomic E-state index is 11.9. The van der Waals surface area contributed by atoms with Crippen LogP contribution < -0.4 is 20.1 Å². The Morgan fingerprint density at radius 3 is 2.42 bits per heavy atom. The molecule has 0 heterocycles. The van der Waals surface area contributed by atoms with Crippen LogP contribution in [-0.2, 0) is 16.0 Å². The number of ether oxygens (including phenoxy) is 2. The van der Waals surface area contributed by atoms with E-state index < -0.39 is 0 Å². The van der Waals surface area contributed by atoms with Gasteiger partial charge in [0.1, 0.15) is 0 Å². The molecule has 6 heteroatoms. The van der Waals surface area contributed by atoms with Crippen LogP contribution in [0.25, 0.3) is 0 Å². The van der Waals surface area contributed by atoms with Crippen molar-refractivity contribution in [3.05, 3.63) is 23.8 Å². The highest BCUT2D eigenvalue weighted by Gasteiger charge is 2.22. The van der Waals surface area contributed by atoms with Crippen molar-refractivity contribution in [2.24, 2.45) is 5.92 Å². The standard InChI is InChI=1S/C20H30N2O4/c1-3-25-17-10-9-15(13-18(17)26-4-2)11-12-21-19(23)14-22-20(24)16-7-5-6-8-16/h9-10,13,16H,3-8,11-12,14H2,1-2H3,(H,21,23)(H,22,24). The molecule has 1 aliphatic rings. The van der Waals surface area contributed by atoms with Crippen LogP contribution in [-0.4, -0.2) is 38.1 Å². The van der Waals surface area contributed by atoms with Crippen LogP contribution in [0.1, 0.15) is 45.1 Å². The van der Waals surface area contributed by atoms with E-state index in [2.05, 4.69) is 10.6 Å². The number of rotatable bonds is 10. The lowest BCUT2D eigenvalue weighted by molar-refractivity contribution is -0.128. The number of benzene rings is 1. The van der Waals surface area contributed by atoms with Crippen molar-refractivity contribution in [1.82, 2.24) is 10.6 Å². The Morgan fingerprint density at radius 1 is 1.04 bits per heavy atom. The summed E-state index contributed by atoms with van der Waals surface area (Å²) in [6, 6.07) is 5.82. The molecular weight excluding hydrogens is 332 g/mol. The zero-order valence-corrected chi connectivity index (χ0v) is 15.8. The minimum atomic E-state index is -0.160. The monoisotopic (exact) mass is 362 g/mol. The van der Waals surface area contributed by atoms with E-state index in [-0.39, 0.29) is 24.3 Å². The predicted molar refractivity (Wildman–Crippen MR) is 100 cm³/mol. The number of amides is 2. The van der Waals surface area contributed by atoms with Gasteiger partial charge in [0.25, 0.3) is 0 Å². The van der Waals surface area contributed by atoms with Gasteiger partial charge in [-0.15, -0.1) is 0 Å². The van der Waals surface area contributed by atoms with Gasteiger partial charge in [-0.05, 0) is 50.8 Å².